The number of aryl methyl sites for hydroxylation is 1. The van der Waals surface area contributed by atoms with Crippen LogP contribution in [-0.4, -0.2) is 43.0 Å². The zero-order chi connectivity index (χ0) is 17.8. The molecule has 0 bridgehead atoms. The lowest BCUT2D eigenvalue weighted by Gasteiger charge is -2.30. The van der Waals surface area contributed by atoms with Gasteiger partial charge < -0.3 is 10.1 Å². The molecule has 0 radical (unpaired) electrons. The average molecular weight is 361 g/mol. The Morgan fingerprint density at radius 1 is 1.36 bits per heavy atom. The van der Waals surface area contributed by atoms with Gasteiger partial charge in [0.05, 0.1) is 24.6 Å². The fourth-order valence-corrected chi connectivity index (χ4v) is 4.82. The quantitative estimate of drug-likeness (QED) is 0.814. The van der Waals surface area contributed by atoms with Crippen LogP contribution < -0.4 is 5.32 Å². The van der Waals surface area contributed by atoms with Gasteiger partial charge in [-0.1, -0.05) is 0 Å². The van der Waals surface area contributed by atoms with Gasteiger partial charge in [-0.3, -0.25) is 14.5 Å². The summed E-state index contributed by atoms with van der Waals surface area (Å²) in [6, 6.07) is 2.25. The standard InChI is InChI=1S/C18H23N3O3S/c1-2-24-18(23)12-6-8-21(9-7-12)11-16(22)20-17-14(10-19)13-4-3-5-15(13)25-17/h12H,2-9,11H2,1H3,(H,20,22). The summed E-state index contributed by atoms with van der Waals surface area (Å²) in [4.78, 5) is 27.4. The Balaban J connectivity index is 1.51. The number of fused-ring (bicyclic) bond motifs is 1. The molecule has 0 spiro atoms. The molecule has 1 amide bonds. The smallest absolute Gasteiger partial charge is 0.309 e. The van der Waals surface area contributed by atoms with Crippen LogP contribution in [0.5, 0.6) is 0 Å². The molecule has 1 aliphatic heterocycles. The van der Waals surface area contributed by atoms with Crippen LogP contribution >= 0.6 is 11.3 Å². The van der Waals surface area contributed by atoms with E-state index in [0.29, 0.717) is 36.8 Å². The average Bonchev–Trinajstić information content (AvgIpc) is 3.16. The molecular formula is C18H23N3O3S. The first-order valence-corrected chi connectivity index (χ1v) is 9.67. The molecule has 1 saturated heterocycles. The molecule has 2 heterocycles. The Bertz CT molecular complexity index is 699. The predicted molar refractivity (Wildman–Crippen MR) is 95.5 cm³/mol. The van der Waals surface area contributed by atoms with E-state index in [-0.39, 0.29) is 17.8 Å². The van der Waals surface area contributed by atoms with Gasteiger partial charge in [0.15, 0.2) is 0 Å². The fourth-order valence-electron chi connectivity index (χ4n) is 3.57. The van der Waals surface area contributed by atoms with E-state index >= 15 is 0 Å². The molecule has 3 rings (SSSR count). The Morgan fingerprint density at radius 3 is 2.80 bits per heavy atom. The van der Waals surface area contributed by atoms with Gasteiger partial charge in [0.2, 0.25) is 5.91 Å². The molecule has 1 N–H and O–H groups in total. The summed E-state index contributed by atoms with van der Waals surface area (Å²) >= 11 is 1.54. The van der Waals surface area contributed by atoms with Gasteiger partial charge in [-0.15, -0.1) is 11.3 Å². The first-order chi connectivity index (χ1) is 12.1. The van der Waals surface area contributed by atoms with E-state index in [9.17, 15) is 14.9 Å². The van der Waals surface area contributed by atoms with E-state index in [2.05, 4.69) is 16.3 Å². The van der Waals surface area contributed by atoms with Gasteiger partial charge in [-0.2, -0.15) is 5.26 Å². The van der Waals surface area contributed by atoms with Crippen molar-refractivity contribution in [2.24, 2.45) is 5.92 Å². The Morgan fingerprint density at radius 2 is 2.12 bits per heavy atom. The van der Waals surface area contributed by atoms with Crippen LogP contribution in [0.25, 0.3) is 0 Å². The van der Waals surface area contributed by atoms with Crippen molar-refractivity contribution in [3.63, 3.8) is 0 Å². The van der Waals surface area contributed by atoms with Gasteiger partial charge in [0.1, 0.15) is 11.1 Å². The van der Waals surface area contributed by atoms with Gasteiger partial charge in [0.25, 0.3) is 0 Å². The van der Waals surface area contributed by atoms with Gasteiger partial charge in [-0.05, 0) is 57.7 Å². The largest absolute Gasteiger partial charge is 0.466 e. The highest BCUT2D eigenvalue weighted by atomic mass is 32.1. The van der Waals surface area contributed by atoms with Crippen LogP contribution in [0.3, 0.4) is 0 Å². The van der Waals surface area contributed by atoms with Gasteiger partial charge in [0, 0.05) is 4.88 Å². The van der Waals surface area contributed by atoms with Crippen LogP contribution in [0.2, 0.25) is 0 Å². The number of nitrogens with zero attached hydrogens (tertiary/aromatic N) is 2. The molecular weight excluding hydrogens is 338 g/mol. The van der Waals surface area contributed by atoms with Crippen molar-refractivity contribution < 1.29 is 14.3 Å². The number of hydrogen-bond donors (Lipinski definition) is 1. The zero-order valence-corrected chi connectivity index (χ0v) is 15.3. The highest BCUT2D eigenvalue weighted by Gasteiger charge is 2.27. The summed E-state index contributed by atoms with van der Waals surface area (Å²) in [6.07, 6.45) is 4.49. The minimum absolute atomic E-state index is 0.0512. The normalized spacial score (nSPS) is 17.8. The third-order valence-corrected chi connectivity index (χ3v) is 6.07. The van der Waals surface area contributed by atoms with Crippen molar-refractivity contribution in [3.8, 4) is 6.07 Å². The molecule has 0 aromatic carbocycles. The third kappa shape index (κ3) is 4.02. The molecule has 0 unspecified atom stereocenters. The summed E-state index contributed by atoms with van der Waals surface area (Å²) in [6.45, 7) is 3.94. The van der Waals surface area contributed by atoms with Crippen LogP contribution in [0.4, 0.5) is 5.00 Å². The monoisotopic (exact) mass is 361 g/mol. The van der Waals surface area contributed by atoms with E-state index in [0.717, 1.165) is 37.7 Å². The molecule has 6 nitrogen and oxygen atoms in total. The van der Waals surface area contributed by atoms with Crippen molar-refractivity contribution in [1.29, 1.82) is 5.26 Å². The minimum atomic E-state index is -0.127. The Hall–Kier alpha value is -1.91. The van der Waals surface area contributed by atoms with Crippen LogP contribution in [-0.2, 0) is 27.2 Å². The second-order valence-electron chi connectivity index (χ2n) is 6.52. The summed E-state index contributed by atoms with van der Waals surface area (Å²) in [5, 5.41) is 13.0. The predicted octanol–water partition coefficient (Wildman–Crippen LogP) is 2.32. The molecule has 0 saturated carbocycles. The van der Waals surface area contributed by atoms with E-state index in [1.807, 2.05) is 6.92 Å². The SMILES string of the molecule is CCOC(=O)C1CCN(CC(=O)Nc2sc3c(c2C#N)CCC3)CC1. The number of thiophene rings is 1. The van der Waals surface area contributed by atoms with Gasteiger partial charge in [-0.25, -0.2) is 0 Å². The molecule has 1 aromatic rings. The highest BCUT2D eigenvalue weighted by molar-refractivity contribution is 7.16. The Labute approximate surface area is 151 Å². The number of anilines is 1. The number of rotatable bonds is 5. The zero-order valence-electron chi connectivity index (χ0n) is 14.5. The number of ether oxygens (including phenoxy) is 1. The molecule has 25 heavy (non-hydrogen) atoms. The number of nitriles is 1. The summed E-state index contributed by atoms with van der Waals surface area (Å²) in [5.74, 6) is -0.269. The molecule has 0 atom stereocenters. The molecule has 2 aliphatic rings. The summed E-state index contributed by atoms with van der Waals surface area (Å²) in [5.41, 5.74) is 1.77. The summed E-state index contributed by atoms with van der Waals surface area (Å²) < 4.78 is 5.07. The second-order valence-corrected chi connectivity index (χ2v) is 7.63. The maximum Gasteiger partial charge on any atom is 0.309 e. The summed E-state index contributed by atoms with van der Waals surface area (Å²) in [7, 11) is 0. The number of carbonyl (C=O) groups excluding carboxylic acids is 2. The Kier molecular flexibility index (Phi) is 5.71. The topological polar surface area (TPSA) is 82.4 Å². The van der Waals surface area contributed by atoms with Crippen molar-refractivity contribution in [2.75, 3.05) is 31.6 Å². The third-order valence-electron chi connectivity index (χ3n) is 4.86. The van der Waals surface area contributed by atoms with Crippen molar-refractivity contribution in [2.45, 2.75) is 39.0 Å². The van der Waals surface area contributed by atoms with E-state index in [1.54, 1.807) is 0 Å². The van der Waals surface area contributed by atoms with E-state index in [4.69, 9.17) is 4.74 Å². The maximum atomic E-state index is 12.3. The number of likely N-dealkylation sites (tertiary alicyclic amines) is 1. The van der Waals surface area contributed by atoms with E-state index in [1.165, 1.54) is 16.2 Å². The van der Waals surface area contributed by atoms with Crippen LogP contribution in [0.15, 0.2) is 0 Å². The molecule has 1 aliphatic carbocycles. The van der Waals surface area contributed by atoms with Gasteiger partial charge >= 0.3 is 5.97 Å². The number of piperidine rings is 1. The molecule has 1 aromatic heterocycles. The van der Waals surface area contributed by atoms with E-state index < -0.39 is 0 Å². The van der Waals surface area contributed by atoms with Crippen molar-refractivity contribution >= 4 is 28.2 Å². The lowest BCUT2D eigenvalue weighted by molar-refractivity contribution is -0.149. The van der Waals surface area contributed by atoms with Crippen LogP contribution in [0, 0.1) is 17.2 Å². The molecule has 1 fully saturated rings. The second kappa shape index (κ2) is 7.98. The maximum absolute atomic E-state index is 12.3. The lowest BCUT2D eigenvalue weighted by Crippen LogP contribution is -2.41. The van der Waals surface area contributed by atoms with Crippen molar-refractivity contribution in [3.05, 3.63) is 16.0 Å². The minimum Gasteiger partial charge on any atom is -0.466 e. The molecule has 7 heteroatoms. The highest BCUT2D eigenvalue weighted by Crippen LogP contribution is 2.38. The van der Waals surface area contributed by atoms with Crippen molar-refractivity contribution in [1.82, 2.24) is 4.90 Å². The number of esters is 1. The fraction of sp³-hybridized carbons (Fsp3) is 0.611. The molecule has 134 valence electrons. The number of amides is 1. The number of carbonyl (C=O) groups is 2. The van der Waals surface area contributed by atoms with Crippen LogP contribution in [0.1, 0.15) is 42.2 Å². The number of nitrogens with one attached hydrogen (secondary N) is 1. The first-order valence-electron chi connectivity index (χ1n) is 8.85. The number of hydrogen-bond acceptors (Lipinski definition) is 6. The lowest BCUT2D eigenvalue weighted by atomic mass is 9.97. The first kappa shape index (κ1) is 17.9.